The Hall–Kier alpha value is -3.34. The Morgan fingerprint density at radius 3 is 1.88 bits per heavy atom. The minimum atomic E-state index is -0.104. The number of rotatable bonds is 8. The Kier molecular flexibility index (Phi) is 6.97. The average Bonchev–Trinajstić information content (AvgIpc) is 2.84. The van der Waals surface area contributed by atoms with E-state index in [2.05, 4.69) is 43.1 Å². The van der Waals surface area contributed by atoms with Crippen LogP contribution in [0.2, 0.25) is 0 Å². The van der Waals surface area contributed by atoms with Crippen LogP contribution < -0.4 is 10.4 Å². The molecule has 0 atom stereocenters. The Labute approximate surface area is 196 Å². The van der Waals surface area contributed by atoms with Gasteiger partial charge in [0.2, 0.25) is 0 Å². The van der Waals surface area contributed by atoms with E-state index in [9.17, 15) is 9.59 Å². The fourth-order valence-electron chi connectivity index (χ4n) is 4.94. The van der Waals surface area contributed by atoms with Crippen molar-refractivity contribution in [2.45, 2.75) is 58.5 Å². The largest absolute Gasteiger partial charge is 0.315 e. The first-order valence-corrected chi connectivity index (χ1v) is 12.0. The molecule has 3 aromatic rings. The van der Waals surface area contributed by atoms with Crippen LogP contribution in [0.3, 0.4) is 0 Å². The molecule has 1 amide bonds. The van der Waals surface area contributed by atoms with Crippen molar-refractivity contribution in [3.8, 4) is 0 Å². The third-order valence-electron chi connectivity index (χ3n) is 6.57. The molecule has 0 N–H and O–H groups in total. The molecule has 0 bridgehead atoms. The van der Waals surface area contributed by atoms with Crippen LogP contribution >= 0.6 is 0 Å². The molecule has 0 unspecified atom stereocenters. The van der Waals surface area contributed by atoms with Crippen molar-refractivity contribution in [3.63, 3.8) is 0 Å². The van der Waals surface area contributed by atoms with Gasteiger partial charge in [0.25, 0.3) is 5.91 Å². The first-order valence-electron chi connectivity index (χ1n) is 12.0. The summed E-state index contributed by atoms with van der Waals surface area (Å²) in [6.45, 7) is 6.56. The molecule has 172 valence electrons. The number of carbonyl (C=O) groups is 1. The number of carbonyl (C=O) groups excluding carboxylic acids is 1. The molecule has 2 heterocycles. The van der Waals surface area contributed by atoms with Gasteiger partial charge >= 0.3 is 0 Å². The summed E-state index contributed by atoms with van der Waals surface area (Å²) in [4.78, 5) is 28.3. The number of hydrogen-bond acceptors (Lipinski definition) is 3. The van der Waals surface area contributed by atoms with E-state index < -0.39 is 0 Å². The number of benzene rings is 2. The summed E-state index contributed by atoms with van der Waals surface area (Å²) in [5.74, 6) is -0.0479. The lowest BCUT2D eigenvalue weighted by Crippen LogP contribution is -2.58. The quantitative estimate of drug-likeness (QED) is 0.477. The monoisotopic (exact) mass is 443 g/mol. The van der Waals surface area contributed by atoms with E-state index in [0.29, 0.717) is 17.9 Å². The summed E-state index contributed by atoms with van der Waals surface area (Å²) in [5, 5.41) is 2.23. The van der Waals surface area contributed by atoms with Gasteiger partial charge in [-0.25, -0.2) is 0 Å². The smallest absolute Gasteiger partial charge is 0.274 e. The molecule has 0 saturated heterocycles. The van der Waals surface area contributed by atoms with E-state index in [0.717, 1.165) is 36.8 Å². The van der Waals surface area contributed by atoms with Gasteiger partial charge in [0.1, 0.15) is 12.4 Å². The van der Waals surface area contributed by atoms with Gasteiger partial charge in [0.05, 0.1) is 6.04 Å². The minimum Gasteiger partial charge on any atom is -0.315 e. The maximum atomic E-state index is 13.8. The zero-order chi connectivity index (χ0) is 23.4. The molecule has 5 heteroatoms. The Morgan fingerprint density at radius 1 is 0.818 bits per heavy atom. The van der Waals surface area contributed by atoms with Crippen molar-refractivity contribution in [2.24, 2.45) is 0 Å². The highest BCUT2D eigenvalue weighted by molar-refractivity contribution is 5.95. The number of fused-ring (bicyclic) bond motifs is 1. The van der Waals surface area contributed by atoms with Gasteiger partial charge in [0, 0.05) is 23.9 Å². The molecule has 0 aliphatic carbocycles. The van der Waals surface area contributed by atoms with E-state index in [1.54, 1.807) is 19.2 Å². The van der Waals surface area contributed by atoms with Gasteiger partial charge < -0.3 is 4.90 Å². The zero-order valence-electron chi connectivity index (χ0n) is 19.8. The second kappa shape index (κ2) is 10.1. The SMILES string of the molecule is CCCC(CCC)N1CN(C(c2ccccc2)c2ccccc2)n2ccc(=O)c(C)c2C1=O. The van der Waals surface area contributed by atoms with Crippen molar-refractivity contribution < 1.29 is 4.79 Å². The van der Waals surface area contributed by atoms with Crippen LogP contribution in [0.4, 0.5) is 0 Å². The van der Waals surface area contributed by atoms with Crippen LogP contribution in [0, 0.1) is 6.92 Å². The minimum absolute atomic E-state index is 0.0479. The van der Waals surface area contributed by atoms with Crippen LogP contribution in [-0.4, -0.2) is 28.2 Å². The lowest BCUT2D eigenvalue weighted by Gasteiger charge is -2.46. The highest BCUT2D eigenvalue weighted by atomic mass is 16.2. The molecule has 4 rings (SSSR count). The molecule has 0 fully saturated rings. The first-order chi connectivity index (χ1) is 16.1. The van der Waals surface area contributed by atoms with Crippen molar-refractivity contribution in [2.75, 3.05) is 11.7 Å². The van der Waals surface area contributed by atoms with E-state index in [4.69, 9.17) is 0 Å². The number of amides is 1. The number of nitrogens with zero attached hydrogens (tertiary/aromatic N) is 3. The summed E-state index contributed by atoms with van der Waals surface area (Å²) in [6, 6.07) is 22.4. The molecule has 5 nitrogen and oxygen atoms in total. The van der Waals surface area contributed by atoms with Crippen molar-refractivity contribution in [3.05, 3.63) is 106 Å². The summed E-state index contributed by atoms with van der Waals surface area (Å²) in [5.41, 5.74) is 3.16. The van der Waals surface area contributed by atoms with Crippen molar-refractivity contribution >= 4 is 5.91 Å². The van der Waals surface area contributed by atoms with Crippen LogP contribution in [0.1, 0.15) is 72.8 Å². The topological polar surface area (TPSA) is 45.5 Å². The lowest BCUT2D eigenvalue weighted by molar-refractivity contribution is 0.0569. The average molecular weight is 444 g/mol. The maximum absolute atomic E-state index is 13.8. The van der Waals surface area contributed by atoms with Gasteiger partial charge in [-0.05, 0) is 30.9 Å². The summed E-state index contributed by atoms with van der Waals surface area (Å²) < 4.78 is 1.91. The standard InChI is InChI=1S/C28H33N3O2/c1-4-12-24(13-5-2)29-20-31(30-19-18-25(32)21(3)26(30)28(29)33)27(22-14-8-6-9-15-22)23-16-10-7-11-17-23/h6-11,14-19,24,27H,4-5,12-13,20H2,1-3H3. The molecular weight excluding hydrogens is 410 g/mol. The van der Waals surface area contributed by atoms with E-state index in [1.165, 1.54) is 0 Å². The van der Waals surface area contributed by atoms with Crippen LogP contribution in [0.15, 0.2) is 77.7 Å². The second-order valence-electron chi connectivity index (χ2n) is 8.81. The fraction of sp³-hybridized carbons (Fsp3) is 0.357. The van der Waals surface area contributed by atoms with Gasteiger partial charge in [0.15, 0.2) is 5.43 Å². The van der Waals surface area contributed by atoms with Gasteiger partial charge in [-0.15, -0.1) is 0 Å². The highest BCUT2D eigenvalue weighted by Crippen LogP contribution is 2.32. The van der Waals surface area contributed by atoms with E-state index in [1.807, 2.05) is 46.0 Å². The van der Waals surface area contributed by atoms with Crippen LogP contribution in [0.25, 0.3) is 0 Å². The predicted molar refractivity (Wildman–Crippen MR) is 133 cm³/mol. The second-order valence-corrected chi connectivity index (χ2v) is 8.81. The Balaban J connectivity index is 1.91. The molecule has 33 heavy (non-hydrogen) atoms. The maximum Gasteiger partial charge on any atom is 0.274 e. The Morgan fingerprint density at radius 2 is 1.36 bits per heavy atom. The van der Waals surface area contributed by atoms with Crippen LogP contribution in [-0.2, 0) is 0 Å². The molecule has 0 spiro atoms. The summed E-state index contributed by atoms with van der Waals surface area (Å²) in [7, 11) is 0. The van der Waals surface area contributed by atoms with Gasteiger partial charge in [-0.2, -0.15) is 0 Å². The zero-order valence-corrected chi connectivity index (χ0v) is 19.8. The third-order valence-corrected chi connectivity index (χ3v) is 6.57. The van der Waals surface area contributed by atoms with Gasteiger partial charge in [-0.3, -0.25) is 19.3 Å². The summed E-state index contributed by atoms with van der Waals surface area (Å²) >= 11 is 0. The van der Waals surface area contributed by atoms with E-state index in [-0.39, 0.29) is 23.4 Å². The van der Waals surface area contributed by atoms with Gasteiger partial charge in [-0.1, -0.05) is 87.4 Å². The predicted octanol–water partition coefficient (Wildman–Crippen LogP) is 5.27. The molecule has 1 aromatic heterocycles. The lowest BCUT2D eigenvalue weighted by atomic mass is 9.97. The number of aromatic nitrogens is 1. The summed E-state index contributed by atoms with van der Waals surface area (Å²) in [6.07, 6.45) is 5.68. The first kappa shape index (κ1) is 22.8. The molecule has 0 radical (unpaired) electrons. The van der Waals surface area contributed by atoms with E-state index >= 15 is 0 Å². The molecular formula is C28H33N3O2. The van der Waals surface area contributed by atoms with Crippen molar-refractivity contribution in [1.82, 2.24) is 9.58 Å². The third kappa shape index (κ3) is 4.45. The van der Waals surface area contributed by atoms with Crippen molar-refractivity contribution in [1.29, 1.82) is 0 Å². The molecule has 1 aliphatic rings. The number of hydrogen-bond donors (Lipinski definition) is 0. The molecule has 1 aliphatic heterocycles. The highest BCUT2D eigenvalue weighted by Gasteiger charge is 2.37. The Bertz CT molecular complexity index is 1100. The molecule has 0 saturated carbocycles. The number of pyridine rings is 1. The molecule has 2 aromatic carbocycles. The van der Waals surface area contributed by atoms with Crippen LogP contribution in [0.5, 0.6) is 0 Å². The fourth-order valence-corrected chi connectivity index (χ4v) is 4.94. The normalized spacial score (nSPS) is 13.7.